The number of phenolic OH excluding ortho intramolecular Hbond substituents is 1. The number of aryl methyl sites for hydroxylation is 1. The fourth-order valence-electron chi connectivity index (χ4n) is 1.52. The molecule has 0 fully saturated rings. The molecule has 1 atom stereocenters. The molecule has 0 aromatic heterocycles. The largest absolute Gasteiger partial charge is 0.507 e. The van der Waals surface area contributed by atoms with E-state index < -0.39 is 11.8 Å². The summed E-state index contributed by atoms with van der Waals surface area (Å²) >= 11 is 0. The molecule has 0 aliphatic heterocycles. The predicted molar refractivity (Wildman–Crippen MR) is 53.2 cm³/mol. The lowest BCUT2D eigenvalue weighted by atomic mass is 9.90. The Morgan fingerprint density at radius 1 is 1.12 bits per heavy atom. The molecule has 0 bridgehead atoms. The minimum absolute atomic E-state index is 0.0438. The smallest absolute Gasteiger partial charge is 0.421 e. The maximum atomic E-state index is 12.6. The monoisotopic (exact) mass is 234 g/mol. The molecule has 16 heavy (non-hydrogen) atoms. The summed E-state index contributed by atoms with van der Waals surface area (Å²) < 4.78 is 37.8. The first-order valence-corrected chi connectivity index (χ1v) is 4.67. The van der Waals surface area contributed by atoms with Gasteiger partial charge in [0.15, 0.2) is 5.60 Å². The van der Waals surface area contributed by atoms with Crippen LogP contribution in [0.15, 0.2) is 12.1 Å². The molecule has 0 radical (unpaired) electrons. The molecule has 0 aliphatic carbocycles. The summed E-state index contributed by atoms with van der Waals surface area (Å²) in [5.74, 6) is -0.220. The molecule has 5 heteroatoms. The topological polar surface area (TPSA) is 40.5 Å². The van der Waals surface area contributed by atoms with E-state index >= 15 is 0 Å². The van der Waals surface area contributed by atoms with E-state index in [4.69, 9.17) is 0 Å². The van der Waals surface area contributed by atoms with Crippen LogP contribution in [0, 0.1) is 13.8 Å². The molecule has 1 unspecified atom stereocenters. The third-order valence-electron chi connectivity index (χ3n) is 2.71. The lowest BCUT2D eigenvalue weighted by molar-refractivity contribution is -0.259. The summed E-state index contributed by atoms with van der Waals surface area (Å²) in [5.41, 5.74) is -2.77. The molecular weight excluding hydrogens is 221 g/mol. The van der Waals surface area contributed by atoms with Crippen LogP contribution in [-0.4, -0.2) is 16.4 Å². The van der Waals surface area contributed by atoms with Gasteiger partial charge in [-0.25, -0.2) is 0 Å². The van der Waals surface area contributed by atoms with Crippen molar-refractivity contribution >= 4 is 0 Å². The van der Waals surface area contributed by atoms with Gasteiger partial charge in [0, 0.05) is 0 Å². The molecular formula is C11H13F3O2. The zero-order valence-corrected chi connectivity index (χ0v) is 9.18. The van der Waals surface area contributed by atoms with Crippen LogP contribution in [0.25, 0.3) is 0 Å². The van der Waals surface area contributed by atoms with E-state index in [2.05, 4.69) is 0 Å². The van der Waals surface area contributed by atoms with Crippen molar-refractivity contribution < 1.29 is 23.4 Å². The maximum absolute atomic E-state index is 12.6. The Morgan fingerprint density at radius 3 is 2.06 bits per heavy atom. The second-order valence-electron chi connectivity index (χ2n) is 3.97. The van der Waals surface area contributed by atoms with E-state index in [9.17, 15) is 23.4 Å². The molecule has 0 aliphatic rings. The predicted octanol–water partition coefficient (Wildman–Crippen LogP) is 2.78. The molecule has 1 aromatic carbocycles. The van der Waals surface area contributed by atoms with Crippen molar-refractivity contribution in [2.45, 2.75) is 32.5 Å². The first-order chi connectivity index (χ1) is 7.09. The third-order valence-corrected chi connectivity index (χ3v) is 2.71. The van der Waals surface area contributed by atoms with Crippen molar-refractivity contribution in [2.75, 3.05) is 0 Å². The molecule has 90 valence electrons. The highest BCUT2D eigenvalue weighted by Crippen LogP contribution is 2.41. The van der Waals surface area contributed by atoms with E-state index in [1.54, 1.807) is 6.92 Å². The van der Waals surface area contributed by atoms with Crippen molar-refractivity contribution in [1.82, 2.24) is 0 Å². The van der Waals surface area contributed by atoms with Gasteiger partial charge in [0.25, 0.3) is 0 Å². The van der Waals surface area contributed by atoms with Gasteiger partial charge in [-0.05, 0) is 37.5 Å². The Kier molecular flexibility index (Phi) is 2.94. The molecule has 0 saturated carbocycles. The summed E-state index contributed by atoms with van der Waals surface area (Å²) in [6, 6.07) is 2.52. The van der Waals surface area contributed by atoms with Crippen molar-refractivity contribution in [3.8, 4) is 5.75 Å². The first-order valence-electron chi connectivity index (χ1n) is 4.67. The van der Waals surface area contributed by atoms with Crippen LogP contribution in [0.4, 0.5) is 13.2 Å². The minimum atomic E-state index is -4.78. The number of phenols is 1. The van der Waals surface area contributed by atoms with Crippen LogP contribution < -0.4 is 0 Å². The van der Waals surface area contributed by atoms with Crippen LogP contribution in [-0.2, 0) is 5.60 Å². The zero-order valence-electron chi connectivity index (χ0n) is 9.18. The van der Waals surface area contributed by atoms with Gasteiger partial charge in [0.1, 0.15) is 5.75 Å². The van der Waals surface area contributed by atoms with Crippen LogP contribution >= 0.6 is 0 Å². The Labute approximate surface area is 91.3 Å². The van der Waals surface area contributed by atoms with Gasteiger partial charge in [0.05, 0.1) is 0 Å². The standard InChI is InChI=1S/C11H13F3O2/c1-6-4-5-8(7(2)9(6)15)10(3,16)11(12,13)14/h4-5,15-16H,1-3H3. The second kappa shape index (κ2) is 3.66. The average molecular weight is 234 g/mol. The van der Waals surface area contributed by atoms with E-state index in [0.29, 0.717) is 12.5 Å². The number of benzene rings is 1. The SMILES string of the molecule is Cc1ccc(C(C)(O)C(F)(F)F)c(C)c1O. The van der Waals surface area contributed by atoms with Crippen molar-refractivity contribution in [2.24, 2.45) is 0 Å². The molecule has 0 amide bonds. The lowest BCUT2D eigenvalue weighted by Gasteiger charge is -2.28. The highest BCUT2D eigenvalue weighted by atomic mass is 19.4. The number of hydrogen-bond acceptors (Lipinski definition) is 2. The van der Waals surface area contributed by atoms with Gasteiger partial charge >= 0.3 is 6.18 Å². The van der Waals surface area contributed by atoms with Crippen LogP contribution in [0.1, 0.15) is 23.6 Å². The number of aromatic hydroxyl groups is 1. The summed E-state index contributed by atoms with van der Waals surface area (Å²) in [4.78, 5) is 0. The first kappa shape index (κ1) is 12.8. The van der Waals surface area contributed by atoms with E-state index in [-0.39, 0.29) is 16.9 Å². The summed E-state index contributed by atoms with van der Waals surface area (Å²) in [6.07, 6.45) is -4.78. The molecule has 2 nitrogen and oxygen atoms in total. The Balaban J connectivity index is 3.41. The van der Waals surface area contributed by atoms with Gasteiger partial charge in [-0.1, -0.05) is 12.1 Å². The highest BCUT2D eigenvalue weighted by molar-refractivity contribution is 5.46. The number of alkyl halides is 3. The Bertz CT molecular complexity index is 408. The summed E-state index contributed by atoms with van der Waals surface area (Å²) in [6.45, 7) is 3.59. The fourth-order valence-corrected chi connectivity index (χ4v) is 1.52. The van der Waals surface area contributed by atoms with Gasteiger partial charge < -0.3 is 10.2 Å². The Morgan fingerprint density at radius 2 is 1.62 bits per heavy atom. The van der Waals surface area contributed by atoms with Crippen molar-refractivity contribution in [1.29, 1.82) is 0 Å². The normalized spacial score (nSPS) is 15.9. The summed E-state index contributed by atoms with van der Waals surface area (Å²) in [7, 11) is 0. The van der Waals surface area contributed by atoms with E-state index in [1.165, 1.54) is 19.1 Å². The average Bonchev–Trinajstić information content (AvgIpc) is 2.12. The summed E-state index contributed by atoms with van der Waals surface area (Å²) in [5, 5.41) is 19.0. The van der Waals surface area contributed by atoms with E-state index in [0.717, 1.165) is 0 Å². The van der Waals surface area contributed by atoms with Crippen LogP contribution in [0.2, 0.25) is 0 Å². The number of hydrogen-bond donors (Lipinski definition) is 2. The van der Waals surface area contributed by atoms with Gasteiger partial charge in [-0.2, -0.15) is 13.2 Å². The number of aliphatic hydroxyl groups is 1. The van der Waals surface area contributed by atoms with Gasteiger partial charge in [-0.15, -0.1) is 0 Å². The fraction of sp³-hybridized carbons (Fsp3) is 0.455. The van der Waals surface area contributed by atoms with Gasteiger partial charge in [-0.3, -0.25) is 0 Å². The number of halogens is 3. The zero-order chi connectivity index (χ0) is 12.7. The minimum Gasteiger partial charge on any atom is -0.507 e. The number of rotatable bonds is 1. The third kappa shape index (κ3) is 1.87. The molecule has 0 spiro atoms. The van der Waals surface area contributed by atoms with E-state index in [1.807, 2.05) is 0 Å². The second-order valence-corrected chi connectivity index (χ2v) is 3.97. The Hall–Kier alpha value is -1.23. The molecule has 0 saturated heterocycles. The molecule has 0 heterocycles. The molecule has 1 aromatic rings. The van der Waals surface area contributed by atoms with Crippen LogP contribution in [0.5, 0.6) is 5.75 Å². The molecule has 2 N–H and O–H groups in total. The maximum Gasteiger partial charge on any atom is 0.421 e. The lowest BCUT2D eigenvalue weighted by Crippen LogP contribution is -2.39. The molecule has 1 rings (SSSR count). The van der Waals surface area contributed by atoms with Crippen molar-refractivity contribution in [3.63, 3.8) is 0 Å². The quantitative estimate of drug-likeness (QED) is 0.784. The van der Waals surface area contributed by atoms with Crippen LogP contribution in [0.3, 0.4) is 0 Å². The van der Waals surface area contributed by atoms with Crippen molar-refractivity contribution in [3.05, 3.63) is 28.8 Å². The van der Waals surface area contributed by atoms with Gasteiger partial charge in [0.2, 0.25) is 0 Å². The highest BCUT2D eigenvalue weighted by Gasteiger charge is 2.52.